The molecule has 0 spiro atoms. The molecule has 0 aliphatic carbocycles. The van der Waals surface area contributed by atoms with Crippen molar-refractivity contribution in [2.24, 2.45) is 7.05 Å². The van der Waals surface area contributed by atoms with Gasteiger partial charge in [0.05, 0.1) is 35.3 Å². The summed E-state index contributed by atoms with van der Waals surface area (Å²) in [4.78, 5) is 9.76. The quantitative estimate of drug-likeness (QED) is 0.513. The van der Waals surface area contributed by atoms with Gasteiger partial charge in [-0.3, -0.25) is 0 Å². The summed E-state index contributed by atoms with van der Waals surface area (Å²) in [6, 6.07) is 14.1. The summed E-state index contributed by atoms with van der Waals surface area (Å²) >= 11 is 0. The van der Waals surface area contributed by atoms with Gasteiger partial charge in [0, 0.05) is 19.0 Å². The fourth-order valence-electron chi connectivity index (χ4n) is 3.23. The molecule has 0 fully saturated rings. The molecule has 4 rings (SSSR count). The van der Waals surface area contributed by atoms with Crippen LogP contribution in [0.4, 0.5) is 0 Å². The Morgan fingerprint density at radius 1 is 1.00 bits per heavy atom. The molecule has 0 radical (unpaired) electrons. The van der Waals surface area contributed by atoms with E-state index in [1.165, 1.54) is 0 Å². The van der Waals surface area contributed by atoms with Crippen molar-refractivity contribution >= 4 is 33.1 Å². The molecular weight excluding hydrogens is 328 g/mol. The molecule has 0 saturated heterocycles. The third-order valence-corrected chi connectivity index (χ3v) is 5.00. The molecule has 0 aliphatic rings. The largest absolute Gasteiger partial charge is 0.394 e. The summed E-state index contributed by atoms with van der Waals surface area (Å²) in [6.45, 7) is 1.98. The zero-order valence-electron chi connectivity index (χ0n) is 14.9. The van der Waals surface area contributed by atoms with Crippen molar-refractivity contribution in [3.05, 3.63) is 48.0 Å². The number of hydrogen-bond acceptors (Lipinski definition) is 5. The fourth-order valence-corrected chi connectivity index (χ4v) is 3.23. The minimum Gasteiger partial charge on any atom is -0.394 e. The molecule has 6 heteroatoms. The minimum atomic E-state index is -0.737. The summed E-state index contributed by atoms with van der Waals surface area (Å²) < 4.78 is 2.06. The molecule has 0 saturated carbocycles. The number of nitrogens with one attached hydrogen (secondary N) is 1. The Hall–Kier alpha value is -2.54. The number of nitrogens with zero attached hydrogens (tertiary/aromatic N) is 3. The highest BCUT2D eigenvalue weighted by molar-refractivity contribution is 6.06. The number of aromatic nitrogens is 3. The van der Waals surface area contributed by atoms with E-state index in [2.05, 4.69) is 22.0 Å². The van der Waals surface area contributed by atoms with Crippen molar-refractivity contribution in [2.45, 2.75) is 19.0 Å². The first kappa shape index (κ1) is 16.9. The third-order valence-electron chi connectivity index (χ3n) is 5.00. The molecule has 4 aromatic rings. The second-order valence-corrected chi connectivity index (χ2v) is 6.99. The Morgan fingerprint density at radius 3 is 2.54 bits per heavy atom. The molecular formula is C20H22N4O2. The molecule has 0 aliphatic heterocycles. The Labute approximate surface area is 151 Å². The Morgan fingerprint density at radius 2 is 1.77 bits per heavy atom. The lowest BCUT2D eigenvalue weighted by Crippen LogP contribution is -2.48. The number of rotatable bonds is 5. The van der Waals surface area contributed by atoms with Gasteiger partial charge in [-0.05, 0) is 24.6 Å². The number of benzene rings is 2. The highest BCUT2D eigenvalue weighted by Gasteiger charge is 2.22. The SMILES string of the molecule is Cn1c2ccccc2c2nc3cccc(CNC(C)(CO)CO)c3nc21. The lowest BCUT2D eigenvalue weighted by molar-refractivity contribution is 0.103. The first-order chi connectivity index (χ1) is 12.6. The summed E-state index contributed by atoms with van der Waals surface area (Å²) in [7, 11) is 2.00. The second kappa shape index (κ2) is 6.32. The predicted octanol–water partition coefficient (Wildman–Crippen LogP) is 2.11. The number of aliphatic hydroxyl groups excluding tert-OH is 2. The van der Waals surface area contributed by atoms with Crippen LogP contribution in [0.5, 0.6) is 0 Å². The van der Waals surface area contributed by atoms with Crippen molar-refractivity contribution in [3.63, 3.8) is 0 Å². The van der Waals surface area contributed by atoms with E-state index in [1.807, 2.05) is 37.4 Å². The molecule has 134 valence electrons. The van der Waals surface area contributed by atoms with Crippen LogP contribution in [0, 0.1) is 0 Å². The van der Waals surface area contributed by atoms with E-state index in [-0.39, 0.29) is 13.2 Å². The Bertz CT molecular complexity index is 1100. The van der Waals surface area contributed by atoms with Gasteiger partial charge < -0.3 is 20.1 Å². The van der Waals surface area contributed by atoms with Crippen molar-refractivity contribution in [1.29, 1.82) is 0 Å². The van der Waals surface area contributed by atoms with E-state index >= 15 is 0 Å². The molecule has 3 N–H and O–H groups in total. The van der Waals surface area contributed by atoms with Crippen LogP contribution >= 0.6 is 0 Å². The van der Waals surface area contributed by atoms with Crippen molar-refractivity contribution < 1.29 is 10.2 Å². The highest BCUT2D eigenvalue weighted by atomic mass is 16.3. The molecule has 0 atom stereocenters. The van der Waals surface area contributed by atoms with E-state index in [1.54, 1.807) is 6.92 Å². The monoisotopic (exact) mass is 350 g/mol. The lowest BCUT2D eigenvalue weighted by Gasteiger charge is -2.26. The maximum Gasteiger partial charge on any atom is 0.160 e. The Kier molecular flexibility index (Phi) is 4.11. The van der Waals surface area contributed by atoms with Gasteiger partial charge in [-0.2, -0.15) is 0 Å². The van der Waals surface area contributed by atoms with Crippen LogP contribution in [0.3, 0.4) is 0 Å². The van der Waals surface area contributed by atoms with Gasteiger partial charge >= 0.3 is 0 Å². The van der Waals surface area contributed by atoms with Crippen LogP contribution < -0.4 is 5.32 Å². The van der Waals surface area contributed by atoms with Gasteiger partial charge in [0.1, 0.15) is 5.52 Å². The average molecular weight is 350 g/mol. The number of aryl methyl sites for hydroxylation is 1. The number of hydrogen-bond donors (Lipinski definition) is 3. The van der Waals surface area contributed by atoms with E-state index in [4.69, 9.17) is 9.97 Å². The van der Waals surface area contributed by atoms with Gasteiger partial charge in [0.2, 0.25) is 0 Å². The summed E-state index contributed by atoms with van der Waals surface area (Å²) in [5.74, 6) is 0. The topological polar surface area (TPSA) is 83.2 Å². The van der Waals surface area contributed by atoms with Gasteiger partial charge in [-0.15, -0.1) is 0 Å². The molecule has 26 heavy (non-hydrogen) atoms. The van der Waals surface area contributed by atoms with Crippen LogP contribution in [0.25, 0.3) is 33.1 Å². The van der Waals surface area contributed by atoms with Crippen molar-refractivity contribution in [3.8, 4) is 0 Å². The Balaban J connectivity index is 1.87. The van der Waals surface area contributed by atoms with Crippen LogP contribution in [0.1, 0.15) is 12.5 Å². The minimum absolute atomic E-state index is 0.145. The first-order valence-corrected chi connectivity index (χ1v) is 8.66. The van der Waals surface area contributed by atoms with Crippen LogP contribution in [0.2, 0.25) is 0 Å². The molecule has 6 nitrogen and oxygen atoms in total. The first-order valence-electron chi connectivity index (χ1n) is 8.66. The van der Waals surface area contributed by atoms with Gasteiger partial charge in [-0.25, -0.2) is 9.97 Å². The molecule has 0 unspecified atom stereocenters. The molecule has 2 aromatic carbocycles. The fraction of sp³-hybridized carbons (Fsp3) is 0.300. The summed E-state index contributed by atoms with van der Waals surface area (Å²) in [5.41, 5.74) is 4.76. The van der Waals surface area contributed by atoms with E-state index in [0.717, 1.165) is 38.7 Å². The van der Waals surface area contributed by atoms with Gasteiger partial charge in [0.25, 0.3) is 0 Å². The zero-order valence-corrected chi connectivity index (χ0v) is 14.9. The number of aliphatic hydroxyl groups is 2. The highest BCUT2D eigenvalue weighted by Crippen LogP contribution is 2.28. The smallest absolute Gasteiger partial charge is 0.160 e. The van der Waals surface area contributed by atoms with Crippen LogP contribution in [0.15, 0.2) is 42.5 Å². The number of para-hydroxylation sites is 2. The molecule has 0 bridgehead atoms. The maximum absolute atomic E-state index is 9.48. The summed E-state index contributed by atoms with van der Waals surface area (Å²) in [6.07, 6.45) is 0. The van der Waals surface area contributed by atoms with Crippen molar-refractivity contribution in [2.75, 3.05) is 13.2 Å². The van der Waals surface area contributed by atoms with E-state index < -0.39 is 5.54 Å². The van der Waals surface area contributed by atoms with E-state index in [0.29, 0.717) is 6.54 Å². The van der Waals surface area contributed by atoms with Crippen molar-refractivity contribution in [1.82, 2.24) is 19.9 Å². The summed E-state index contributed by atoms with van der Waals surface area (Å²) in [5, 5.41) is 23.3. The normalized spacial score (nSPS) is 12.5. The van der Waals surface area contributed by atoms with Gasteiger partial charge in [0.15, 0.2) is 5.65 Å². The average Bonchev–Trinajstić information content (AvgIpc) is 2.96. The number of fused-ring (bicyclic) bond motifs is 4. The molecule has 2 heterocycles. The van der Waals surface area contributed by atoms with Gasteiger partial charge in [-0.1, -0.05) is 30.3 Å². The molecule has 2 aromatic heterocycles. The van der Waals surface area contributed by atoms with E-state index in [9.17, 15) is 10.2 Å². The predicted molar refractivity (Wildman–Crippen MR) is 103 cm³/mol. The maximum atomic E-state index is 9.48. The zero-order chi connectivity index (χ0) is 18.3. The standard InChI is InChI=1S/C20H22N4O2/c1-20(11-25,12-26)21-10-13-6-5-8-15-17(13)23-19-18(22-15)14-7-3-4-9-16(14)24(19)2/h3-9,21,25-26H,10-12H2,1-2H3. The third kappa shape index (κ3) is 2.63. The van der Waals surface area contributed by atoms with Crippen LogP contribution in [-0.4, -0.2) is 43.5 Å². The molecule has 0 amide bonds. The lowest BCUT2D eigenvalue weighted by atomic mass is 10.0. The second-order valence-electron chi connectivity index (χ2n) is 6.99. The van der Waals surface area contributed by atoms with Crippen LogP contribution in [-0.2, 0) is 13.6 Å².